The highest BCUT2D eigenvalue weighted by Gasteiger charge is 2.27. The first kappa shape index (κ1) is 17.5. The van der Waals surface area contributed by atoms with Crippen molar-refractivity contribution in [3.05, 3.63) is 59.7 Å². The fourth-order valence-electron chi connectivity index (χ4n) is 3.42. The molecule has 0 radical (unpaired) electrons. The number of hydrogen-bond acceptors (Lipinski definition) is 4. The van der Waals surface area contributed by atoms with Crippen LogP contribution >= 0.6 is 0 Å². The molecule has 0 N–H and O–H groups in total. The van der Waals surface area contributed by atoms with Crippen molar-refractivity contribution >= 4 is 5.91 Å². The van der Waals surface area contributed by atoms with Crippen LogP contribution in [0.25, 0.3) is 0 Å². The van der Waals surface area contributed by atoms with Crippen LogP contribution in [0.3, 0.4) is 0 Å². The number of rotatable bonds is 6. The molecule has 2 aromatic heterocycles. The van der Waals surface area contributed by atoms with Crippen molar-refractivity contribution in [2.75, 3.05) is 7.11 Å². The van der Waals surface area contributed by atoms with Crippen LogP contribution in [0.1, 0.15) is 53.8 Å². The summed E-state index contributed by atoms with van der Waals surface area (Å²) in [6.07, 6.45) is 9.32. The number of ether oxygens (including phenoxy) is 1. The number of aromatic nitrogens is 2. The highest BCUT2D eigenvalue weighted by molar-refractivity contribution is 5.92. The van der Waals surface area contributed by atoms with Gasteiger partial charge in [-0.3, -0.25) is 9.78 Å². The standard InChI is InChI=1S/C20H25N3O2/c1-25-15-17-8-5-11-19(22-17)20(24)23(18-9-3-2-4-10-18)14-16-7-6-12-21-13-16/h5-8,11-13,18H,2-4,9-10,14-15H2,1H3. The fraction of sp³-hybridized carbons (Fsp3) is 0.450. The molecule has 2 heterocycles. The molecular weight excluding hydrogens is 314 g/mol. The lowest BCUT2D eigenvalue weighted by atomic mass is 9.93. The molecule has 1 saturated carbocycles. The van der Waals surface area contributed by atoms with E-state index in [1.165, 1.54) is 19.3 Å². The molecule has 5 nitrogen and oxygen atoms in total. The molecule has 132 valence electrons. The van der Waals surface area contributed by atoms with Crippen LogP contribution < -0.4 is 0 Å². The van der Waals surface area contributed by atoms with Crippen LogP contribution in [0.2, 0.25) is 0 Å². The van der Waals surface area contributed by atoms with E-state index in [1.807, 2.05) is 35.4 Å². The van der Waals surface area contributed by atoms with Crippen molar-refractivity contribution in [1.29, 1.82) is 0 Å². The third-order valence-electron chi connectivity index (χ3n) is 4.67. The largest absolute Gasteiger partial charge is 0.378 e. The molecular formula is C20H25N3O2. The summed E-state index contributed by atoms with van der Waals surface area (Å²) in [6.45, 7) is 0.987. The zero-order valence-electron chi connectivity index (χ0n) is 14.7. The predicted octanol–water partition coefficient (Wildman–Crippen LogP) is 3.60. The van der Waals surface area contributed by atoms with Gasteiger partial charge in [-0.25, -0.2) is 4.98 Å². The molecule has 0 saturated heterocycles. The van der Waals surface area contributed by atoms with Gasteiger partial charge in [0.15, 0.2) is 0 Å². The average Bonchev–Trinajstić information content (AvgIpc) is 2.68. The third kappa shape index (κ3) is 4.63. The molecule has 0 unspecified atom stereocenters. The molecule has 0 aromatic carbocycles. The SMILES string of the molecule is COCc1cccc(C(=O)N(Cc2cccnc2)C2CCCCC2)n1. The second-order valence-electron chi connectivity index (χ2n) is 6.53. The fourth-order valence-corrected chi connectivity index (χ4v) is 3.42. The van der Waals surface area contributed by atoms with Gasteiger partial charge in [-0.2, -0.15) is 0 Å². The summed E-state index contributed by atoms with van der Waals surface area (Å²) in [6, 6.07) is 9.75. The monoisotopic (exact) mass is 339 g/mol. The zero-order chi connectivity index (χ0) is 17.5. The van der Waals surface area contributed by atoms with E-state index in [1.54, 1.807) is 19.4 Å². The van der Waals surface area contributed by atoms with Gasteiger partial charge in [-0.05, 0) is 36.6 Å². The molecule has 5 heteroatoms. The third-order valence-corrected chi connectivity index (χ3v) is 4.67. The molecule has 1 aliphatic carbocycles. The number of carbonyl (C=O) groups is 1. The minimum atomic E-state index is -0.00583. The summed E-state index contributed by atoms with van der Waals surface area (Å²) in [7, 11) is 1.63. The van der Waals surface area contributed by atoms with Crippen LogP contribution in [0, 0.1) is 0 Å². The van der Waals surface area contributed by atoms with E-state index in [4.69, 9.17) is 4.74 Å². The smallest absolute Gasteiger partial charge is 0.273 e. The van der Waals surface area contributed by atoms with Gasteiger partial charge in [-0.15, -0.1) is 0 Å². The lowest BCUT2D eigenvalue weighted by Crippen LogP contribution is -2.41. The van der Waals surface area contributed by atoms with Gasteiger partial charge in [0, 0.05) is 32.1 Å². The van der Waals surface area contributed by atoms with E-state index < -0.39 is 0 Å². The van der Waals surface area contributed by atoms with E-state index in [9.17, 15) is 4.79 Å². The van der Waals surface area contributed by atoms with Crippen molar-refractivity contribution < 1.29 is 9.53 Å². The second kappa shape index (κ2) is 8.72. The van der Waals surface area contributed by atoms with E-state index in [0.29, 0.717) is 18.8 Å². The molecule has 0 atom stereocenters. The summed E-state index contributed by atoms with van der Waals surface area (Å²) in [5.74, 6) is -0.00583. The Morgan fingerprint density at radius 1 is 1.20 bits per heavy atom. The van der Waals surface area contributed by atoms with Gasteiger partial charge >= 0.3 is 0 Å². The van der Waals surface area contributed by atoms with Crippen LogP contribution in [0.4, 0.5) is 0 Å². The number of hydrogen-bond donors (Lipinski definition) is 0. The zero-order valence-corrected chi connectivity index (χ0v) is 14.7. The molecule has 0 spiro atoms. The van der Waals surface area contributed by atoms with Crippen molar-refractivity contribution in [2.45, 2.75) is 51.3 Å². The van der Waals surface area contributed by atoms with Gasteiger partial charge in [0.1, 0.15) is 5.69 Å². The summed E-state index contributed by atoms with van der Waals surface area (Å²) in [4.78, 5) is 23.9. The van der Waals surface area contributed by atoms with Crippen molar-refractivity contribution in [2.24, 2.45) is 0 Å². The molecule has 25 heavy (non-hydrogen) atoms. The number of nitrogens with zero attached hydrogens (tertiary/aromatic N) is 3. The Labute approximate surface area is 149 Å². The Balaban J connectivity index is 1.84. The lowest BCUT2D eigenvalue weighted by Gasteiger charge is -2.34. The number of methoxy groups -OCH3 is 1. The maximum atomic E-state index is 13.2. The number of amides is 1. The highest BCUT2D eigenvalue weighted by Crippen LogP contribution is 2.25. The molecule has 2 aromatic rings. The minimum Gasteiger partial charge on any atom is -0.378 e. The van der Waals surface area contributed by atoms with E-state index in [0.717, 1.165) is 24.1 Å². The molecule has 1 fully saturated rings. The topological polar surface area (TPSA) is 55.3 Å². The average molecular weight is 339 g/mol. The summed E-state index contributed by atoms with van der Waals surface area (Å²) < 4.78 is 5.14. The van der Waals surface area contributed by atoms with Crippen LogP contribution in [-0.2, 0) is 17.9 Å². The first-order valence-electron chi connectivity index (χ1n) is 8.92. The van der Waals surface area contributed by atoms with E-state index in [-0.39, 0.29) is 11.9 Å². The Morgan fingerprint density at radius 3 is 2.76 bits per heavy atom. The Morgan fingerprint density at radius 2 is 2.04 bits per heavy atom. The summed E-state index contributed by atoms with van der Waals surface area (Å²) in [5.41, 5.74) is 2.32. The Hall–Kier alpha value is -2.27. The molecule has 0 bridgehead atoms. The predicted molar refractivity (Wildman–Crippen MR) is 95.9 cm³/mol. The van der Waals surface area contributed by atoms with Gasteiger partial charge in [0.05, 0.1) is 12.3 Å². The van der Waals surface area contributed by atoms with Crippen molar-refractivity contribution in [3.8, 4) is 0 Å². The quantitative estimate of drug-likeness (QED) is 0.807. The minimum absolute atomic E-state index is 0.00583. The second-order valence-corrected chi connectivity index (χ2v) is 6.53. The summed E-state index contributed by atoms with van der Waals surface area (Å²) in [5, 5.41) is 0. The maximum Gasteiger partial charge on any atom is 0.273 e. The van der Waals surface area contributed by atoms with Crippen LogP contribution in [0.15, 0.2) is 42.7 Å². The molecule has 1 aliphatic rings. The van der Waals surface area contributed by atoms with Crippen LogP contribution in [0.5, 0.6) is 0 Å². The molecule has 1 amide bonds. The first-order chi connectivity index (χ1) is 12.3. The van der Waals surface area contributed by atoms with Crippen molar-refractivity contribution in [3.63, 3.8) is 0 Å². The highest BCUT2D eigenvalue weighted by atomic mass is 16.5. The Kier molecular flexibility index (Phi) is 6.12. The van der Waals surface area contributed by atoms with E-state index >= 15 is 0 Å². The normalized spacial score (nSPS) is 15.1. The Bertz CT molecular complexity index is 684. The van der Waals surface area contributed by atoms with E-state index in [2.05, 4.69) is 9.97 Å². The van der Waals surface area contributed by atoms with Crippen molar-refractivity contribution in [1.82, 2.24) is 14.9 Å². The maximum absolute atomic E-state index is 13.2. The van der Waals surface area contributed by atoms with Gasteiger partial charge in [0.2, 0.25) is 0 Å². The van der Waals surface area contributed by atoms with Gasteiger partial charge in [-0.1, -0.05) is 31.4 Å². The van der Waals surface area contributed by atoms with Gasteiger partial charge in [0.25, 0.3) is 5.91 Å². The number of pyridine rings is 2. The lowest BCUT2D eigenvalue weighted by molar-refractivity contribution is 0.0607. The molecule has 3 rings (SSSR count). The molecule has 0 aliphatic heterocycles. The van der Waals surface area contributed by atoms with Gasteiger partial charge < -0.3 is 9.64 Å². The number of carbonyl (C=O) groups excluding carboxylic acids is 1. The summed E-state index contributed by atoms with van der Waals surface area (Å²) >= 11 is 0. The first-order valence-corrected chi connectivity index (χ1v) is 8.92. The van der Waals surface area contributed by atoms with Crippen LogP contribution in [-0.4, -0.2) is 33.9 Å².